The van der Waals surface area contributed by atoms with Crippen LogP contribution in [0.25, 0.3) is 27.8 Å². The highest BCUT2D eigenvalue weighted by molar-refractivity contribution is 7.99. The van der Waals surface area contributed by atoms with E-state index < -0.39 is 0 Å². The molecule has 0 radical (unpaired) electrons. The molecule has 0 bridgehead atoms. The summed E-state index contributed by atoms with van der Waals surface area (Å²) in [6.45, 7) is 2.53. The largest absolute Gasteiger partial charge is 0.494 e. The second kappa shape index (κ2) is 10.8. The molecular formula is C28H23ClN4O2S. The van der Waals surface area contributed by atoms with E-state index in [4.69, 9.17) is 16.3 Å². The first-order chi connectivity index (χ1) is 17.6. The van der Waals surface area contributed by atoms with Crippen molar-refractivity contribution in [3.05, 3.63) is 96.0 Å². The predicted octanol–water partition coefficient (Wildman–Crippen LogP) is 6.87. The van der Waals surface area contributed by atoms with Crippen LogP contribution in [0.4, 0.5) is 5.69 Å². The summed E-state index contributed by atoms with van der Waals surface area (Å²) in [7, 11) is 0. The highest BCUT2D eigenvalue weighted by Crippen LogP contribution is 2.32. The number of hydrogen-bond acceptors (Lipinski definition) is 5. The van der Waals surface area contributed by atoms with E-state index in [9.17, 15) is 4.79 Å². The summed E-state index contributed by atoms with van der Waals surface area (Å²) in [6.07, 6.45) is 0. The van der Waals surface area contributed by atoms with Gasteiger partial charge in [-0.15, -0.1) is 10.2 Å². The molecule has 4 aromatic carbocycles. The number of thioether (sulfide) groups is 1. The third-order valence-electron chi connectivity index (χ3n) is 5.55. The van der Waals surface area contributed by atoms with Crippen LogP contribution in [0.3, 0.4) is 0 Å². The second-order valence-electron chi connectivity index (χ2n) is 7.91. The Hall–Kier alpha value is -3.81. The van der Waals surface area contributed by atoms with Crippen molar-refractivity contribution in [2.24, 2.45) is 0 Å². The average molecular weight is 515 g/mol. The number of anilines is 1. The molecule has 0 atom stereocenters. The number of carbonyl (C=O) groups excluding carboxylic acids is 1. The van der Waals surface area contributed by atoms with Gasteiger partial charge < -0.3 is 10.1 Å². The Morgan fingerprint density at radius 1 is 0.944 bits per heavy atom. The summed E-state index contributed by atoms with van der Waals surface area (Å²) in [4.78, 5) is 12.9. The molecule has 0 saturated carbocycles. The van der Waals surface area contributed by atoms with Crippen molar-refractivity contribution in [1.29, 1.82) is 0 Å². The first kappa shape index (κ1) is 23.9. The summed E-state index contributed by atoms with van der Waals surface area (Å²) < 4.78 is 7.50. The van der Waals surface area contributed by atoms with Gasteiger partial charge in [-0.2, -0.15) is 0 Å². The topological polar surface area (TPSA) is 69.0 Å². The number of carbonyl (C=O) groups is 1. The van der Waals surface area contributed by atoms with Crippen molar-refractivity contribution in [2.75, 3.05) is 17.7 Å². The molecule has 8 heteroatoms. The predicted molar refractivity (Wildman–Crippen MR) is 146 cm³/mol. The molecule has 6 nitrogen and oxygen atoms in total. The van der Waals surface area contributed by atoms with Gasteiger partial charge in [0.2, 0.25) is 5.91 Å². The fourth-order valence-electron chi connectivity index (χ4n) is 3.92. The minimum absolute atomic E-state index is 0.128. The van der Waals surface area contributed by atoms with Crippen LogP contribution in [-0.4, -0.2) is 33.0 Å². The van der Waals surface area contributed by atoms with Gasteiger partial charge in [-0.1, -0.05) is 71.9 Å². The van der Waals surface area contributed by atoms with Gasteiger partial charge in [-0.25, -0.2) is 0 Å². The Kier molecular flexibility index (Phi) is 7.21. The molecule has 5 rings (SSSR count). The molecule has 0 aliphatic heterocycles. The van der Waals surface area contributed by atoms with Crippen LogP contribution in [0.5, 0.6) is 5.75 Å². The van der Waals surface area contributed by atoms with E-state index in [1.807, 2.05) is 102 Å². The fourth-order valence-corrected chi connectivity index (χ4v) is 4.89. The first-order valence-corrected chi connectivity index (χ1v) is 12.8. The maximum atomic E-state index is 12.9. The summed E-state index contributed by atoms with van der Waals surface area (Å²) in [5.74, 6) is 1.41. The zero-order valence-corrected chi connectivity index (χ0v) is 21.1. The number of rotatable bonds is 8. The minimum Gasteiger partial charge on any atom is -0.494 e. The quantitative estimate of drug-likeness (QED) is 0.229. The Labute approximate surface area is 218 Å². The van der Waals surface area contributed by atoms with Crippen LogP contribution in [0.15, 0.2) is 96.2 Å². The lowest BCUT2D eigenvalue weighted by molar-refractivity contribution is -0.113. The molecule has 36 heavy (non-hydrogen) atoms. The van der Waals surface area contributed by atoms with Crippen LogP contribution in [0.2, 0.25) is 5.02 Å². The van der Waals surface area contributed by atoms with Crippen molar-refractivity contribution < 1.29 is 9.53 Å². The van der Waals surface area contributed by atoms with Gasteiger partial charge in [0.1, 0.15) is 5.75 Å². The first-order valence-electron chi connectivity index (χ1n) is 11.5. The van der Waals surface area contributed by atoms with E-state index in [1.165, 1.54) is 11.8 Å². The standard InChI is InChI=1S/C28H23ClN4O2S/c1-2-35-21-16-14-20(15-17-21)33-27(23-11-5-6-12-24(23)29)31-32-28(33)36-18-26(34)30-25-13-7-9-19-8-3-4-10-22(19)25/h3-17H,2,18H2,1H3,(H,30,34). The molecule has 1 N–H and O–H groups in total. The Morgan fingerprint density at radius 3 is 2.50 bits per heavy atom. The van der Waals surface area contributed by atoms with Crippen molar-refractivity contribution >= 4 is 45.7 Å². The molecule has 0 spiro atoms. The molecule has 0 fully saturated rings. The average Bonchev–Trinajstić information content (AvgIpc) is 3.32. The molecule has 0 aliphatic rings. The van der Waals surface area contributed by atoms with Gasteiger partial charge in [-0.05, 0) is 54.8 Å². The molecule has 1 aromatic heterocycles. The van der Waals surface area contributed by atoms with Crippen LogP contribution >= 0.6 is 23.4 Å². The van der Waals surface area contributed by atoms with Crippen molar-refractivity contribution in [3.8, 4) is 22.8 Å². The van der Waals surface area contributed by atoms with Gasteiger partial charge in [0.15, 0.2) is 11.0 Å². The Morgan fingerprint density at radius 2 is 1.69 bits per heavy atom. The number of amides is 1. The summed E-state index contributed by atoms with van der Waals surface area (Å²) >= 11 is 7.80. The number of benzene rings is 4. The number of hydrogen-bond donors (Lipinski definition) is 1. The second-order valence-corrected chi connectivity index (χ2v) is 9.26. The molecular weight excluding hydrogens is 492 g/mol. The maximum absolute atomic E-state index is 12.9. The molecule has 0 aliphatic carbocycles. The third-order valence-corrected chi connectivity index (χ3v) is 6.81. The van der Waals surface area contributed by atoms with Crippen LogP contribution in [0.1, 0.15) is 6.92 Å². The van der Waals surface area contributed by atoms with Crippen LogP contribution in [-0.2, 0) is 4.79 Å². The smallest absolute Gasteiger partial charge is 0.234 e. The fraction of sp³-hybridized carbons (Fsp3) is 0.107. The SMILES string of the molecule is CCOc1ccc(-n2c(SCC(=O)Nc3cccc4ccccc34)nnc2-c2ccccc2Cl)cc1. The maximum Gasteiger partial charge on any atom is 0.234 e. The number of nitrogens with zero attached hydrogens (tertiary/aromatic N) is 3. The molecule has 180 valence electrons. The molecule has 0 saturated heterocycles. The van der Waals surface area contributed by atoms with E-state index >= 15 is 0 Å². The zero-order valence-electron chi connectivity index (χ0n) is 19.5. The van der Waals surface area contributed by atoms with Crippen LogP contribution < -0.4 is 10.1 Å². The van der Waals surface area contributed by atoms with Crippen LogP contribution in [0, 0.1) is 0 Å². The van der Waals surface area contributed by atoms with Crippen molar-refractivity contribution in [2.45, 2.75) is 12.1 Å². The number of halogens is 1. The number of nitrogens with one attached hydrogen (secondary N) is 1. The number of ether oxygens (including phenoxy) is 1. The van der Waals surface area contributed by atoms with E-state index in [-0.39, 0.29) is 11.7 Å². The summed E-state index contributed by atoms with van der Waals surface area (Å²) in [6, 6.07) is 29.0. The minimum atomic E-state index is -0.128. The van der Waals surface area contributed by atoms with Gasteiger partial charge in [0.05, 0.1) is 17.4 Å². The molecule has 1 amide bonds. The van der Waals surface area contributed by atoms with Gasteiger partial charge in [0, 0.05) is 22.3 Å². The lowest BCUT2D eigenvalue weighted by Crippen LogP contribution is -2.14. The van der Waals surface area contributed by atoms with Gasteiger partial charge >= 0.3 is 0 Å². The third kappa shape index (κ3) is 5.08. The van der Waals surface area contributed by atoms with Gasteiger partial charge in [0.25, 0.3) is 0 Å². The monoisotopic (exact) mass is 514 g/mol. The van der Waals surface area contributed by atoms with Crippen molar-refractivity contribution in [3.63, 3.8) is 0 Å². The van der Waals surface area contributed by atoms with E-state index in [0.29, 0.717) is 22.6 Å². The molecule has 0 unspecified atom stereocenters. The Bertz CT molecular complexity index is 1510. The Balaban J connectivity index is 1.42. The van der Waals surface area contributed by atoms with Crippen molar-refractivity contribution in [1.82, 2.24) is 14.8 Å². The summed E-state index contributed by atoms with van der Waals surface area (Å²) in [5, 5.41) is 15.1. The zero-order chi connectivity index (χ0) is 24.9. The molecule has 5 aromatic rings. The van der Waals surface area contributed by atoms with E-state index in [0.717, 1.165) is 33.5 Å². The summed E-state index contributed by atoms with van der Waals surface area (Å²) in [5.41, 5.74) is 2.38. The normalized spacial score (nSPS) is 10.9. The van der Waals surface area contributed by atoms with Gasteiger partial charge in [-0.3, -0.25) is 9.36 Å². The highest BCUT2D eigenvalue weighted by Gasteiger charge is 2.19. The lowest BCUT2D eigenvalue weighted by atomic mass is 10.1. The number of aromatic nitrogens is 3. The molecule has 1 heterocycles. The number of fused-ring (bicyclic) bond motifs is 1. The van der Waals surface area contributed by atoms with E-state index in [1.54, 1.807) is 0 Å². The lowest BCUT2D eigenvalue weighted by Gasteiger charge is -2.12. The highest BCUT2D eigenvalue weighted by atomic mass is 35.5. The van der Waals surface area contributed by atoms with E-state index in [2.05, 4.69) is 15.5 Å².